The minimum atomic E-state index is -3.82. The van der Waals surface area contributed by atoms with E-state index in [-0.39, 0.29) is 19.6 Å². The van der Waals surface area contributed by atoms with Crippen molar-refractivity contribution in [3.63, 3.8) is 0 Å². The first-order chi connectivity index (χ1) is 21.3. The Bertz CT molecular complexity index is 2240. The number of allylic oxidation sites excluding steroid dienone is 2. The molecule has 2 aliphatic rings. The Balaban J connectivity index is 1.42. The summed E-state index contributed by atoms with van der Waals surface area (Å²) in [6.45, 7) is 0. The molecular weight excluding hydrogens is 589 g/mol. The van der Waals surface area contributed by atoms with Crippen molar-refractivity contribution in [2.24, 2.45) is 0 Å². The molecule has 8 heteroatoms. The summed E-state index contributed by atoms with van der Waals surface area (Å²) >= 11 is 0. The van der Waals surface area contributed by atoms with Gasteiger partial charge in [-0.2, -0.15) is 10.5 Å². The van der Waals surface area contributed by atoms with Gasteiger partial charge in [0, 0.05) is 23.3 Å². The van der Waals surface area contributed by atoms with E-state index in [2.05, 4.69) is 12.1 Å². The van der Waals surface area contributed by atoms with Crippen molar-refractivity contribution in [2.45, 2.75) is 19.6 Å². The smallest absolute Gasteiger partial charge is 0.206 e. The van der Waals surface area contributed by atoms with Crippen molar-refractivity contribution < 1.29 is 16.8 Å². The molecule has 0 unspecified atom stereocenters. The van der Waals surface area contributed by atoms with Crippen LogP contribution in [0.25, 0.3) is 33.4 Å². The second kappa shape index (κ2) is 10.0. The number of hydrogen-bond donors (Lipinski definition) is 0. The fourth-order valence-electron chi connectivity index (χ4n) is 6.08. The molecule has 5 aromatic carbocycles. The molecule has 0 amide bonds. The lowest BCUT2D eigenvalue weighted by Gasteiger charge is -2.10. The Morgan fingerprint density at radius 3 is 1.16 bits per heavy atom. The van der Waals surface area contributed by atoms with Crippen LogP contribution < -0.4 is 0 Å². The third-order valence-electron chi connectivity index (χ3n) is 8.03. The van der Waals surface area contributed by atoms with Gasteiger partial charge < -0.3 is 0 Å². The second-order valence-corrected chi connectivity index (χ2v) is 14.2. The fourth-order valence-corrected chi connectivity index (χ4v) is 8.69. The van der Waals surface area contributed by atoms with Gasteiger partial charge in [-0.05, 0) is 93.0 Å². The van der Waals surface area contributed by atoms with E-state index in [0.29, 0.717) is 33.4 Å². The van der Waals surface area contributed by atoms with E-state index in [1.165, 1.54) is 12.2 Å². The molecule has 0 heterocycles. The van der Waals surface area contributed by atoms with Crippen LogP contribution >= 0.6 is 0 Å². The number of nitrogens with zero attached hydrogens (tertiary/aromatic N) is 2. The maximum atomic E-state index is 13.5. The molecule has 0 fully saturated rings. The first kappa shape index (κ1) is 27.3. The van der Waals surface area contributed by atoms with Gasteiger partial charge in [0.1, 0.15) is 0 Å². The van der Waals surface area contributed by atoms with Crippen molar-refractivity contribution in [2.75, 3.05) is 0 Å². The summed E-state index contributed by atoms with van der Waals surface area (Å²) in [6, 6.07) is 34.2. The lowest BCUT2D eigenvalue weighted by atomic mass is 9.92. The standard InChI is InChI=1S/C36H20N2O4S2/c37-19-17-31-33-21-25(43(39,40)23-7-3-1-4-8-23)11-13-27(33)29-15-16-30-28-14-12-26(44(41,42)24-9-5-2-6-10-24)22-34(28)32(18-20-38)36(30)35(29)31/h1-18,21-22H/b31-17+,32-18+. The van der Waals surface area contributed by atoms with Crippen LogP contribution in [0.3, 0.4) is 0 Å². The third-order valence-corrected chi connectivity index (χ3v) is 11.6. The average Bonchev–Trinajstić information content (AvgIpc) is 3.54. The SMILES string of the molecule is N#C/C=C1\c2cc(S(=O)(=O)c3ccccc3)ccc2-c2ccc3c(c21)/C(=C/C#N)c1cc(S(=O)(=O)c2ccccc2)ccc1-3. The van der Waals surface area contributed by atoms with Gasteiger partial charge in [-0.3, -0.25) is 0 Å². The maximum Gasteiger partial charge on any atom is 0.206 e. The first-order valence-corrected chi connectivity index (χ1v) is 16.5. The topological polar surface area (TPSA) is 116 Å². The lowest BCUT2D eigenvalue weighted by molar-refractivity contribution is 0.594. The molecule has 0 saturated heterocycles. The maximum absolute atomic E-state index is 13.5. The fraction of sp³-hybridized carbons (Fsp3) is 0. The lowest BCUT2D eigenvalue weighted by Crippen LogP contribution is -2.02. The number of fused-ring (bicyclic) bond motifs is 7. The van der Waals surface area contributed by atoms with Gasteiger partial charge in [0.05, 0.1) is 31.7 Å². The zero-order valence-corrected chi connectivity index (χ0v) is 24.5. The van der Waals surface area contributed by atoms with Crippen molar-refractivity contribution in [3.8, 4) is 34.4 Å². The van der Waals surface area contributed by atoms with Crippen LogP contribution in [0.15, 0.2) is 141 Å². The molecule has 0 spiro atoms. The predicted octanol–water partition coefficient (Wildman–Crippen LogP) is 7.22. The zero-order valence-electron chi connectivity index (χ0n) is 22.9. The summed E-state index contributed by atoms with van der Waals surface area (Å²) in [7, 11) is -7.65. The summed E-state index contributed by atoms with van der Waals surface area (Å²) in [5.74, 6) is 0. The van der Waals surface area contributed by atoms with Crippen LogP contribution in [0, 0.1) is 22.7 Å². The molecule has 0 bridgehead atoms. The van der Waals surface area contributed by atoms with Gasteiger partial charge in [-0.1, -0.05) is 60.7 Å². The highest BCUT2D eigenvalue weighted by Gasteiger charge is 2.35. The van der Waals surface area contributed by atoms with Gasteiger partial charge in [-0.15, -0.1) is 0 Å². The summed E-state index contributed by atoms with van der Waals surface area (Å²) in [5.41, 5.74) is 6.73. The van der Waals surface area contributed by atoms with Gasteiger partial charge in [-0.25, -0.2) is 16.8 Å². The van der Waals surface area contributed by atoms with Crippen LogP contribution in [0.5, 0.6) is 0 Å². The van der Waals surface area contributed by atoms with Crippen molar-refractivity contribution in [1.29, 1.82) is 10.5 Å². The summed E-state index contributed by atoms with van der Waals surface area (Å²) in [5, 5.41) is 19.7. The second-order valence-electron chi connectivity index (χ2n) is 10.3. The largest absolute Gasteiger partial charge is 0.219 e. The predicted molar refractivity (Wildman–Crippen MR) is 166 cm³/mol. The molecule has 44 heavy (non-hydrogen) atoms. The summed E-state index contributed by atoms with van der Waals surface area (Å²) in [6.07, 6.45) is 2.78. The van der Waals surface area contributed by atoms with Crippen molar-refractivity contribution in [3.05, 3.63) is 144 Å². The van der Waals surface area contributed by atoms with Gasteiger partial charge in [0.15, 0.2) is 0 Å². The molecule has 210 valence electrons. The zero-order chi connectivity index (χ0) is 30.6. The Morgan fingerprint density at radius 2 is 0.795 bits per heavy atom. The van der Waals surface area contributed by atoms with Crippen LogP contribution in [-0.2, 0) is 19.7 Å². The summed E-state index contributed by atoms with van der Waals surface area (Å²) < 4.78 is 53.9. The normalized spacial score (nSPS) is 14.8. The van der Waals surface area contributed by atoms with E-state index in [1.807, 2.05) is 12.1 Å². The molecule has 6 nitrogen and oxygen atoms in total. The summed E-state index contributed by atoms with van der Waals surface area (Å²) in [4.78, 5) is 0.529. The Morgan fingerprint density at radius 1 is 0.432 bits per heavy atom. The monoisotopic (exact) mass is 608 g/mol. The Labute approximate surface area is 254 Å². The van der Waals surface area contributed by atoms with Crippen molar-refractivity contribution in [1.82, 2.24) is 0 Å². The highest BCUT2D eigenvalue weighted by Crippen LogP contribution is 2.55. The van der Waals surface area contributed by atoms with Crippen LogP contribution in [-0.4, -0.2) is 16.8 Å². The number of sulfone groups is 2. The van der Waals surface area contributed by atoms with Gasteiger partial charge in [0.25, 0.3) is 0 Å². The van der Waals surface area contributed by atoms with E-state index in [4.69, 9.17) is 0 Å². The Hall–Kier alpha value is -5.54. The number of hydrogen-bond acceptors (Lipinski definition) is 6. The van der Waals surface area contributed by atoms with E-state index in [0.717, 1.165) is 22.3 Å². The number of rotatable bonds is 4. The van der Waals surface area contributed by atoms with Gasteiger partial charge >= 0.3 is 0 Å². The average molecular weight is 609 g/mol. The number of benzene rings is 5. The third kappa shape index (κ3) is 3.97. The molecule has 7 rings (SSSR count). The van der Waals surface area contributed by atoms with E-state index >= 15 is 0 Å². The minimum absolute atomic E-state index is 0.0996. The quantitative estimate of drug-likeness (QED) is 0.195. The number of nitriles is 2. The molecular formula is C36H20N2O4S2. The molecule has 2 aliphatic carbocycles. The minimum Gasteiger partial charge on any atom is -0.219 e. The molecule has 0 aromatic heterocycles. The van der Waals surface area contributed by atoms with E-state index < -0.39 is 19.7 Å². The van der Waals surface area contributed by atoms with Crippen LogP contribution in [0.1, 0.15) is 22.3 Å². The van der Waals surface area contributed by atoms with Crippen molar-refractivity contribution >= 4 is 30.8 Å². The molecule has 0 N–H and O–H groups in total. The molecule has 0 saturated carbocycles. The molecule has 0 radical (unpaired) electrons. The highest BCUT2D eigenvalue weighted by atomic mass is 32.2. The van der Waals surface area contributed by atoms with Gasteiger partial charge in [0.2, 0.25) is 19.7 Å². The molecule has 5 aromatic rings. The highest BCUT2D eigenvalue weighted by molar-refractivity contribution is 7.91. The van der Waals surface area contributed by atoms with E-state index in [9.17, 15) is 27.4 Å². The van der Waals surface area contributed by atoms with Crippen LogP contribution in [0.2, 0.25) is 0 Å². The molecule has 0 atom stereocenters. The van der Waals surface area contributed by atoms with Crippen LogP contribution in [0.4, 0.5) is 0 Å². The Kier molecular flexibility index (Phi) is 6.22. The van der Waals surface area contributed by atoms with E-state index in [1.54, 1.807) is 97.1 Å². The first-order valence-electron chi connectivity index (χ1n) is 13.5. The molecule has 0 aliphatic heterocycles.